The largest absolute Gasteiger partial charge is 0.464 e. The minimum Gasteiger partial charge on any atom is -0.464 e. The molecule has 0 aliphatic heterocycles. The molecule has 0 saturated heterocycles. The third-order valence-corrected chi connectivity index (χ3v) is 3.17. The number of rotatable bonds is 7. The van der Waals surface area contributed by atoms with E-state index in [0.29, 0.717) is 24.4 Å². The van der Waals surface area contributed by atoms with Crippen LogP contribution >= 0.6 is 0 Å². The summed E-state index contributed by atoms with van der Waals surface area (Å²) in [5.74, 6) is 2.12. The number of furan rings is 2. The molecule has 0 saturated carbocycles. The standard InChI is InChI=1S/C14H16N2O4/c1-3-9-5-7-11(19-9)13(15-17)14(16-18)12-8-6-10(4-2)20-12/h5-8,13-14H,3-4H2,1-2H3. The van der Waals surface area contributed by atoms with Gasteiger partial charge in [-0.1, -0.05) is 24.2 Å². The molecule has 0 N–H and O–H groups in total. The topological polar surface area (TPSA) is 85.1 Å². The molecule has 0 spiro atoms. The summed E-state index contributed by atoms with van der Waals surface area (Å²) in [5, 5.41) is 5.98. The quantitative estimate of drug-likeness (QED) is 0.705. The van der Waals surface area contributed by atoms with E-state index in [1.54, 1.807) is 24.3 Å². The van der Waals surface area contributed by atoms with Crippen molar-refractivity contribution in [3.05, 3.63) is 57.1 Å². The molecule has 2 rings (SSSR count). The van der Waals surface area contributed by atoms with E-state index in [-0.39, 0.29) is 0 Å². The highest BCUT2D eigenvalue weighted by molar-refractivity contribution is 5.19. The average molecular weight is 276 g/mol. The molecule has 2 aromatic heterocycles. The van der Waals surface area contributed by atoms with E-state index in [1.807, 2.05) is 13.8 Å². The molecule has 2 heterocycles. The lowest BCUT2D eigenvalue weighted by Crippen LogP contribution is -2.05. The second-order valence-corrected chi connectivity index (χ2v) is 4.42. The maximum absolute atomic E-state index is 11.1. The van der Waals surface area contributed by atoms with E-state index >= 15 is 0 Å². The molecule has 6 nitrogen and oxygen atoms in total. The second-order valence-electron chi connectivity index (χ2n) is 4.42. The zero-order valence-corrected chi connectivity index (χ0v) is 11.4. The maximum Gasteiger partial charge on any atom is 0.182 e. The van der Waals surface area contributed by atoms with Crippen molar-refractivity contribution in [1.29, 1.82) is 0 Å². The van der Waals surface area contributed by atoms with Gasteiger partial charge in [-0.2, -0.15) is 0 Å². The highest BCUT2D eigenvalue weighted by Gasteiger charge is 2.32. The Kier molecular flexibility index (Phi) is 4.45. The van der Waals surface area contributed by atoms with Gasteiger partial charge < -0.3 is 8.83 Å². The smallest absolute Gasteiger partial charge is 0.182 e. The molecule has 0 aromatic carbocycles. The molecular formula is C14H16N2O4. The van der Waals surface area contributed by atoms with E-state index in [9.17, 15) is 9.81 Å². The van der Waals surface area contributed by atoms with Gasteiger partial charge in [0.15, 0.2) is 12.1 Å². The van der Waals surface area contributed by atoms with Gasteiger partial charge in [-0.05, 0) is 24.3 Å². The van der Waals surface area contributed by atoms with Crippen molar-refractivity contribution < 1.29 is 8.83 Å². The Morgan fingerprint density at radius 3 is 1.50 bits per heavy atom. The molecular weight excluding hydrogens is 260 g/mol. The van der Waals surface area contributed by atoms with Crippen molar-refractivity contribution in [3.63, 3.8) is 0 Å². The summed E-state index contributed by atoms with van der Waals surface area (Å²) >= 11 is 0. The van der Waals surface area contributed by atoms with Gasteiger partial charge in [-0.25, -0.2) is 0 Å². The number of nitrogens with zero attached hydrogens (tertiary/aromatic N) is 2. The van der Waals surface area contributed by atoms with Crippen molar-refractivity contribution in [2.24, 2.45) is 10.4 Å². The van der Waals surface area contributed by atoms with Gasteiger partial charge in [0.05, 0.1) is 0 Å². The Bertz CT molecular complexity index is 535. The molecule has 2 aromatic rings. The molecule has 6 heteroatoms. The van der Waals surface area contributed by atoms with Crippen LogP contribution in [0.1, 0.15) is 49.0 Å². The number of aryl methyl sites for hydroxylation is 2. The van der Waals surface area contributed by atoms with Crippen LogP contribution in [0.4, 0.5) is 0 Å². The Morgan fingerprint density at radius 2 is 1.25 bits per heavy atom. The van der Waals surface area contributed by atoms with E-state index < -0.39 is 12.1 Å². The van der Waals surface area contributed by atoms with Crippen LogP contribution in [0.25, 0.3) is 0 Å². The van der Waals surface area contributed by atoms with Crippen molar-refractivity contribution in [2.45, 2.75) is 38.8 Å². The first-order chi connectivity index (χ1) is 9.73. The first-order valence-corrected chi connectivity index (χ1v) is 6.55. The Morgan fingerprint density at radius 1 is 0.850 bits per heavy atom. The Hall–Kier alpha value is -2.24. The summed E-state index contributed by atoms with van der Waals surface area (Å²) in [7, 11) is 0. The van der Waals surface area contributed by atoms with Crippen LogP contribution in [0, 0.1) is 9.81 Å². The average Bonchev–Trinajstić information content (AvgIpc) is 3.13. The van der Waals surface area contributed by atoms with Gasteiger partial charge >= 0.3 is 0 Å². The zero-order chi connectivity index (χ0) is 14.5. The minimum absolute atomic E-state index is 0.330. The monoisotopic (exact) mass is 276 g/mol. The summed E-state index contributed by atoms with van der Waals surface area (Å²) in [4.78, 5) is 22.2. The van der Waals surface area contributed by atoms with Gasteiger partial charge in [0.1, 0.15) is 23.0 Å². The molecule has 2 unspecified atom stereocenters. The van der Waals surface area contributed by atoms with Crippen molar-refractivity contribution in [1.82, 2.24) is 0 Å². The molecule has 0 fully saturated rings. The number of hydrogen-bond donors (Lipinski definition) is 0. The van der Waals surface area contributed by atoms with Crippen molar-refractivity contribution >= 4 is 0 Å². The molecule has 0 bridgehead atoms. The fourth-order valence-electron chi connectivity index (χ4n) is 2.02. The minimum atomic E-state index is -1.01. The zero-order valence-electron chi connectivity index (χ0n) is 11.4. The van der Waals surface area contributed by atoms with Crippen LogP contribution < -0.4 is 0 Å². The summed E-state index contributed by atoms with van der Waals surface area (Å²) in [5.41, 5.74) is 0. The highest BCUT2D eigenvalue weighted by Crippen LogP contribution is 2.36. The maximum atomic E-state index is 11.1. The van der Waals surface area contributed by atoms with E-state index in [4.69, 9.17) is 8.83 Å². The normalized spacial score (nSPS) is 13.9. The van der Waals surface area contributed by atoms with Crippen molar-refractivity contribution in [2.75, 3.05) is 0 Å². The van der Waals surface area contributed by atoms with Gasteiger partial charge in [0.25, 0.3) is 0 Å². The number of hydrogen-bond acceptors (Lipinski definition) is 6. The van der Waals surface area contributed by atoms with Gasteiger partial charge in [0.2, 0.25) is 0 Å². The molecule has 2 atom stereocenters. The first kappa shape index (κ1) is 14.2. The van der Waals surface area contributed by atoms with Crippen LogP contribution in [-0.4, -0.2) is 0 Å². The van der Waals surface area contributed by atoms with Gasteiger partial charge in [-0.3, -0.25) is 0 Å². The summed E-state index contributed by atoms with van der Waals surface area (Å²) < 4.78 is 11.0. The van der Waals surface area contributed by atoms with E-state index in [0.717, 1.165) is 11.5 Å². The third-order valence-electron chi connectivity index (χ3n) is 3.17. The first-order valence-electron chi connectivity index (χ1n) is 6.55. The Balaban J connectivity index is 2.31. The van der Waals surface area contributed by atoms with Crippen molar-refractivity contribution in [3.8, 4) is 0 Å². The van der Waals surface area contributed by atoms with E-state index in [1.165, 1.54) is 0 Å². The summed E-state index contributed by atoms with van der Waals surface area (Å²) in [6.45, 7) is 3.86. The second kappa shape index (κ2) is 6.27. The Labute approximate surface area is 116 Å². The molecule has 0 aliphatic rings. The van der Waals surface area contributed by atoms with Gasteiger partial charge in [0, 0.05) is 12.8 Å². The lowest BCUT2D eigenvalue weighted by atomic mass is 10.1. The lowest BCUT2D eigenvalue weighted by molar-refractivity contribution is 0.362. The summed E-state index contributed by atoms with van der Waals surface area (Å²) in [6, 6.07) is 4.79. The fourth-order valence-corrected chi connectivity index (χ4v) is 2.02. The predicted octanol–water partition coefficient (Wildman–Crippen LogP) is 4.31. The number of nitroso groups, excluding NO2 is 2. The predicted molar refractivity (Wildman–Crippen MR) is 73.2 cm³/mol. The van der Waals surface area contributed by atoms with Crippen LogP contribution in [0.3, 0.4) is 0 Å². The van der Waals surface area contributed by atoms with Crippen LogP contribution in [0.2, 0.25) is 0 Å². The SMILES string of the molecule is CCc1ccc(C(N=O)C(N=O)c2ccc(CC)o2)o1. The third kappa shape index (κ3) is 2.68. The van der Waals surface area contributed by atoms with Crippen LogP contribution in [0.15, 0.2) is 43.5 Å². The van der Waals surface area contributed by atoms with Crippen LogP contribution in [-0.2, 0) is 12.8 Å². The molecule has 0 radical (unpaired) electrons. The molecule has 0 amide bonds. The molecule has 20 heavy (non-hydrogen) atoms. The molecule has 0 aliphatic carbocycles. The fraction of sp³-hybridized carbons (Fsp3) is 0.429. The highest BCUT2D eigenvalue weighted by atomic mass is 16.4. The van der Waals surface area contributed by atoms with Crippen LogP contribution in [0.5, 0.6) is 0 Å². The van der Waals surface area contributed by atoms with Gasteiger partial charge in [-0.15, -0.1) is 9.81 Å². The van der Waals surface area contributed by atoms with E-state index in [2.05, 4.69) is 10.4 Å². The molecule has 106 valence electrons. The lowest BCUT2D eigenvalue weighted by Gasteiger charge is -2.10. The summed E-state index contributed by atoms with van der Waals surface area (Å²) in [6.07, 6.45) is 1.40.